The first kappa shape index (κ1) is 15.5. The molecule has 0 fully saturated rings. The molecule has 0 aromatic heterocycles. The van der Waals surface area contributed by atoms with Gasteiger partial charge in [0.25, 0.3) is 0 Å². The van der Waals surface area contributed by atoms with Crippen molar-refractivity contribution >= 4 is 11.9 Å². The Balaban J connectivity index is 2.14. The van der Waals surface area contributed by atoms with Gasteiger partial charge in [-0.25, -0.2) is 0 Å². The van der Waals surface area contributed by atoms with E-state index < -0.39 is 0 Å². The second-order valence-electron chi connectivity index (χ2n) is 4.58. The van der Waals surface area contributed by atoms with Crippen LogP contribution in [-0.4, -0.2) is 25.2 Å². The Labute approximate surface area is 114 Å². The molecule has 0 aromatic rings. The lowest BCUT2D eigenvalue weighted by atomic mass is 10.3. The number of hydrogen-bond acceptors (Lipinski definition) is 5. The topological polar surface area (TPSA) is 74.5 Å². The summed E-state index contributed by atoms with van der Waals surface area (Å²) in [6, 6.07) is 0. The number of carbonyl (C=O) groups is 2. The predicted octanol–water partition coefficient (Wildman–Crippen LogP) is 2.27. The first-order valence-corrected chi connectivity index (χ1v) is 6.97. The van der Waals surface area contributed by atoms with Gasteiger partial charge in [-0.15, -0.1) is 0 Å². The molecule has 0 bridgehead atoms. The summed E-state index contributed by atoms with van der Waals surface area (Å²) in [5.41, 5.74) is 1.60. The molecule has 19 heavy (non-hydrogen) atoms. The summed E-state index contributed by atoms with van der Waals surface area (Å²) in [5, 5.41) is 2.94. The van der Waals surface area contributed by atoms with Crippen LogP contribution >= 0.6 is 0 Å². The lowest BCUT2D eigenvalue weighted by Crippen LogP contribution is -2.05. The molecule has 1 aliphatic heterocycles. The highest BCUT2D eigenvalue weighted by Crippen LogP contribution is 2.22. The van der Waals surface area contributed by atoms with Crippen molar-refractivity contribution in [1.29, 1.82) is 0 Å². The highest BCUT2D eigenvalue weighted by Gasteiger charge is 2.26. The fraction of sp³-hybridized carbons (Fsp3) is 0.714. The second kappa shape index (κ2) is 8.56. The van der Waals surface area contributed by atoms with Gasteiger partial charge in [-0.2, -0.15) is 0 Å². The fourth-order valence-electron chi connectivity index (χ4n) is 1.50. The summed E-state index contributed by atoms with van der Waals surface area (Å²) in [5.74, 6) is -0.490. The predicted molar refractivity (Wildman–Crippen MR) is 71.1 cm³/mol. The molecule has 0 amide bonds. The molecule has 1 rings (SSSR count). The van der Waals surface area contributed by atoms with Crippen molar-refractivity contribution in [3.63, 3.8) is 0 Å². The Morgan fingerprint density at radius 1 is 0.895 bits per heavy atom. The largest absolute Gasteiger partial charge is 0.465 e. The Bertz CT molecular complexity index is 317. The maximum Gasteiger partial charge on any atom is 0.311 e. The van der Waals surface area contributed by atoms with Crippen molar-refractivity contribution in [1.82, 2.24) is 5.32 Å². The molecule has 0 aliphatic carbocycles. The smallest absolute Gasteiger partial charge is 0.311 e. The molecule has 1 heterocycles. The van der Waals surface area contributed by atoms with Crippen LogP contribution in [0.5, 0.6) is 0 Å². The molecule has 1 N–H and O–H groups in total. The van der Waals surface area contributed by atoms with E-state index in [0.29, 0.717) is 13.2 Å². The number of carbonyl (C=O) groups excluding carboxylic acids is 2. The SMILES string of the molecule is CCCCOC(=O)CC1=C(CC(=O)OCCCC)N1. The zero-order chi connectivity index (χ0) is 14.1. The van der Waals surface area contributed by atoms with Gasteiger partial charge < -0.3 is 14.8 Å². The quantitative estimate of drug-likeness (QED) is 0.486. The van der Waals surface area contributed by atoms with E-state index in [9.17, 15) is 9.59 Å². The van der Waals surface area contributed by atoms with Gasteiger partial charge in [0.15, 0.2) is 0 Å². The Hall–Kier alpha value is -1.52. The summed E-state index contributed by atoms with van der Waals surface area (Å²) in [4.78, 5) is 22.8. The van der Waals surface area contributed by atoms with Crippen LogP contribution in [0, 0.1) is 0 Å². The highest BCUT2D eigenvalue weighted by molar-refractivity contribution is 5.77. The first-order chi connectivity index (χ1) is 9.17. The van der Waals surface area contributed by atoms with E-state index in [-0.39, 0.29) is 24.8 Å². The van der Waals surface area contributed by atoms with Gasteiger partial charge in [0.2, 0.25) is 0 Å². The lowest BCUT2D eigenvalue weighted by molar-refractivity contribution is -0.144. The van der Waals surface area contributed by atoms with Crippen LogP contribution in [-0.2, 0) is 19.1 Å². The highest BCUT2D eigenvalue weighted by atomic mass is 16.5. The Kier molecular flexibility index (Phi) is 7.00. The minimum Gasteiger partial charge on any atom is -0.465 e. The van der Waals surface area contributed by atoms with E-state index in [1.807, 2.05) is 13.8 Å². The van der Waals surface area contributed by atoms with Gasteiger partial charge in [0, 0.05) is 11.4 Å². The number of rotatable bonds is 10. The third-order valence-corrected chi connectivity index (χ3v) is 2.77. The average Bonchev–Trinajstić information content (AvgIpc) is 3.07. The third-order valence-electron chi connectivity index (χ3n) is 2.77. The monoisotopic (exact) mass is 269 g/mol. The van der Waals surface area contributed by atoms with E-state index in [1.54, 1.807) is 0 Å². The second-order valence-corrected chi connectivity index (χ2v) is 4.58. The third kappa shape index (κ3) is 6.84. The molecule has 0 saturated heterocycles. The molecule has 0 saturated carbocycles. The van der Waals surface area contributed by atoms with E-state index in [1.165, 1.54) is 0 Å². The Morgan fingerprint density at radius 2 is 1.32 bits per heavy atom. The van der Waals surface area contributed by atoms with E-state index in [4.69, 9.17) is 9.47 Å². The molecule has 0 aromatic carbocycles. The molecular weight excluding hydrogens is 246 g/mol. The zero-order valence-corrected chi connectivity index (χ0v) is 11.8. The summed E-state index contributed by atoms with van der Waals surface area (Å²) < 4.78 is 10.1. The fourth-order valence-corrected chi connectivity index (χ4v) is 1.50. The van der Waals surface area contributed by atoms with Gasteiger partial charge in [-0.3, -0.25) is 9.59 Å². The van der Waals surface area contributed by atoms with Gasteiger partial charge in [-0.05, 0) is 12.8 Å². The summed E-state index contributed by atoms with van der Waals surface area (Å²) >= 11 is 0. The molecule has 0 unspecified atom stereocenters. The van der Waals surface area contributed by atoms with Crippen LogP contribution in [0.2, 0.25) is 0 Å². The van der Waals surface area contributed by atoms with Gasteiger partial charge in [0.05, 0.1) is 26.1 Å². The first-order valence-electron chi connectivity index (χ1n) is 6.97. The number of nitrogens with one attached hydrogen (secondary N) is 1. The average molecular weight is 269 g/mol. The van der Waals surface area contributed by atoms with Crippen LogP contribution in [0.4, 0.5) is 0 Å². The van der Waals surface area contributed by atoms with Crippen LogP contribution in [0.1, 0.15) is 52.4 Å². The maximum atomic E-state index is 11.4. The number of ether oxygens (including phenoxy) is 2. The van der Waals surface area contributed by atoms with Crippen molar-refractivity contribution in [2.45, 2.75) is 52.4 Å². The van der Waals surface area contributed by atoms with Crippen molar-refractivity contribution < 1.29 is 19.1 Å². The molecule has 0 spiro atoms. The van der Waals surface area contributed by atoms with Crippen molar-refractivity contribution in [3.8, 4) is 0 Å². The van der Waals surface area contributed by atoms with Crippen LogP contribution in [0.3, 0.4) is 0 Å². The number of esters is 2. The number of hydrogen-bond donors (Lipinski definition) is 1. The molecule has 108 valence electrons. The standard InChI is InChI=1S/C14H23NO4/c1-3-5-7-18-13(16)9-11-12(15-11)10-14(17)19-8-6-4-2/h15H,3-10H2,1-2H3. The maximum absolute atomic E-state index is 11.4. The minimum atomic E-state index is -0.245. The zero-order valence-electron chi connectivity index (χ0n) is 11.8. The van der Waals surface area contributed by atoms with Crippen LogP contribution < -0.4 is 5.32 Å². The Morgan fingerprint density at radius 3 is 1.68 bits per heavy atom. The van der Waals surface area contributed by atoms with E-state index in [0.717, 1.165) is 37.1 Å². The van der Waals surface area contributed by atoms with Gasteiger partial charge in [0.1, 0.15) is 0 Å². The van der Waals surface area contributed by atoms with Crippen molar-refractivity contribution in [3.05, 3.63) is 11.4 Å². The molecular formula is C14H23NO4. The summed E-state index contributed by atoms with van der Waals surface area (Å²) in [7, 11) is 0. The lowest BCUT2D eigenvalue weighted by Gasteiger charge is -2.00. The van der Waals surface area contributed by atoms with Crippen molar-refractivity contribution in [2.24, 2.45) is 0 Å². The molecule has 5 heteroatoms. The summed E-state index contributed by atoms with van der Waals surface area (Å²) in [6.45, 7) is 5.02. The van der Waals surface area contributed by atoms with E-state index >= 15 is 0 Å². The molecule has 1 aliphatic rings. The van der Waals surface area contributed by atoms with Crippen LogP contribution in [0.25, 0.3) is 0 Å². The normalized spacial score (nSPS) is 12.9. The van der Waals surface area contributed by atoms with Gasteiger partial charge >= 0.3 is 11.9 Å². The molecule has 5 nitrogen and oxygen atoms in total. The van der Waals surface area contributed by atoms with E-state index in [2.05, 4.69) is 5.32 Å². The summed E-state index contributed by atoms with van der Waals surface area (Å²) in [6.07, 6.45) is 4.22. The molecule has 0 radical (unpaired) electrons. The molecule has 0 atom stereocenters. The number of unbranched alkanes of at least 4 members (excludes halogenated alkanes) is 2. The van der Waals surface area contributed by atoms with Gasteiger partial charge in [-0.1, -0.05) is 26.7 Å². The van der Waals surface area contributed by atoms with Crippen molar-refractivity contribution in [2.75, 3.05) is 13.2 Å². The minimum absolute atomic E-state index is 0.223. The van der Waals surface area contributed by atoms with Crippen LogP contribution in [0.15, 0.2) is 11.4 Å².